The van der Waals surface area contributed by atoms with Gasteiger partial charge in [0.15, 0.2) is 0 Å². The lowest BCUT2D eigenvalue weighted by Crippen LogP contribution is -2.23. The Bertz CT molecular complexity index is 44.2. The summed E-state index contributed by atoms with van der Waals surface area (Å²) >= 11 is 0. The zero-order chi connectivity index (χ0) is 6.41. The van der Waals surface area contributed by atoms with Crippen LogP contribution in [0.5, 0.6) is 0 Å². The van der Waals surface area contributed by atoms with E-state index in [9.17, 15) is 0 Å². The molecular formula is C7H19ClN+. The Balaban J connectivity index is 0. The van der Waals surface area contributed by atoms with E-state index in [1.807, 2.05) is 0 Å². The van der Waals surface area contributed by atoms with E-state index < -0.39 is 0 Å². The first-order chi connectivity index (χ1) is 3.85. The summed E-state index contributed by atoms with van der Waals surface area (Å²) in [5.74, 6) is 0. The molecule has 0 radical (unpaired) electrons. The highest BCUT2D eigenvalue weighted by atomic mass is 35.5. The van der Waals surface area contributed by atoms with Gasteiger partial charge in [-0.2, -0.15) is 0 Å². The van der Waals surface area contributed by atoms with Gasteiger partial charge in [-0.15, -0.1) is 0 Å². The maximum absolute atomic E-state index is 2.43. The third-order valence-corrected chi connectivity index (χ3v) is 1.43. The van der Waals surface area contributed by atoms with Crippen LogP contribution in [0.3, 0.4) is 0 Å². The van der Waals surface area contributed by atoms with Crippen molar-refractivity contribution in [3.05, 3.63) is 0 Å². The van der Waals surface area contributed by atoms with Crippen LogP contribution in [-0.2, 0) is 0 Å². The van der Waals surface area contributed by atoms with Crippen molar-refractivity contribution in [2.24, 2.45) is 0 Å². The lowest BCUT2D eigenvalue weighted by molar-refractivity contribution is -0.00000195. The molecule has 2 heteroatoms. The molecule has 0 aliphatic carbocycles. The van der Waals surface area contributed by atoms with Gasteiger partial charge in [0.25, 0.3) is 0 Å². The standard InChI is InChI=1S/C7H17N.ClH2/c1-4-7-8(5-2)6-3;/h4-7H2,1-3H3;1H2/q;+1. The van der Waals surface area contributed by atoms with Crippen LogP contribution in [-0.4, -0.2) is 24.5 Å². The SMILES string of the molecule is CCCN(CC)CC.[ClH2+]. The van der Waals surface area contributed by atoms with Gasteiger partial charge in [-0.05, 0) is 26.1 Å². The minimum absolute atomic E-state index is 0. The van der Waals surface area contributed by atoms with E-state index in [1.54, 1.807) is 0 Å². The van der Waals surface area contributed by atoms with Gasteiger partial charge in [0.2, 0.25) is 0 Å². The predicted octanol–water partition coefficient (Wildman–Crippen LogP) is 1.20. The molecule has 0 aromatic carbocycles. The van der Waals surface area contributed by atoms with Crippen LogP contribution in [0.1, 0.15) is 27.2 Å². The molecule has 9 heavy (non-hydrogen) atoms. The van der Waals surface area contributed by atoms with E-state index in [4.69, 9.17) is 0 Å². The molecule has 0 fully saturated rings. The van der Waals surface area contributed by atoms with E-state index in [-0.39, 0.29) is 12.4 Å². The third kappa shape index (κ3) is 6.13. The first-order valence-corrected chi connectivity index (χ1v) is 3.57. The van der Waals surface area contributed by atoms with Crippen molar-refractivity contribution >= 4 is 0 Å². The lowest BCUT2D eigenvalue weighted by atomic mass is 10.4. The van der Waals surface area contributed by atoms with Gasteiger partial charge in [0.05, 0.1) is 12.4 Å². The number of halogens is 1. The quantitative estimate of drug-likeness (QED) is 0.586. The highest BCUT2D eigenvalue weighted by Crippen LogP contribution is 1.87. The molecule has 0 saturated carbocycles. The second-order valence-electron chi connectivity index (χ2n) is 2.03. The van der Waals surface area contributed by atoms with Crippen molar-refractivity contribution in [3.63, 3.8) is 0 Å². The molecule has 0 bridgehead atoms. The zero-order valence-corrected chi connectivity index (χ0v) is 7.62. The average molecular weight is 153 g/mol. The second kappa shape index (κ2) is 8.25. The summed E-state index contributed by atoms with van der Waals surface area (Å²) in [6.07, 6.45) is 1.28. The summed E-state index contributed by atoms with van der Waals surface area (Å²) in [5.41, 5.74) is 0. The van der Waals surface area contributed by atoms with Crippen LogP contribution >= 0.6 is 0 Å². The summed E-state index contributed by atoms with van der Waals surface area (Å²) in [5, 5.41) is 0. The number of hydrogen-bond donors (Lipinski definition) is 0. The summed E-state index contributed by atoms with van der Waals surface area (Å²) in [7, 11) is 0. The average Bonchev–Trinajstić information content (AvgIpc) is 1.83. The first kappa shape index (κ1) is 12.0. The van der Waals surface area contributed by atoms with E-state index >= 15 is 0 Å². The summed E-state index contributed by atoms with van der Waals surface area (Å²) in [4.78, 5) is 2.43. The monoisotopic (exact) mass is 152 g/mol. The number of rotatable bonds is 4. The Kier molecular flexibility index (Phi) is 11.0. The Morgan fingerprint density at radius 2 is 1.44 bits per heavy atom. The molecule has 0 aliphatic heterocycles. The summed E-state index contributed by atoms with van der Waals surface area (Å²) < 4.78 is 0. The fourth-order valence-corrected chi connectivity index (χ4v) is 0.856. The smallest absolute Gasteiger partial charge is 0.0903 e. The van der Waals surface area contributed by atoms with E-state index in [0.717, 1.165) is 0 Å². The van der Waals surface area contributed by atoms with Crippen molar-refractivity contribution < 1.29 is 12.4 Å². The predicted molar refractivity (Wildman–Crippen MR) is 40.9 cm³/mol. The Labute approximate surface area is 64.8 Å². The van der Waals surface area contributed by atoms with Gasteiger partial charge in [-0.25, -0.2) is 0 Å². The van der Waals surface area contributed by atoms with Crippen molar-refractivity contribution in [1.29, 1.82) is 0 Å². The Hall–Kier alpha value is 0.250. The normalized spacial score (nSPS) is 9.33. The van der Waals surface area contributed by atoms with E-state index in [2.05, 4.69) is 25.7 Å². The van der Waals surface area contributed by atoms with Crippen LogP contribution < -0.4 is 0 Å². The van der Waals surface area contributed by atoms with Gasteiger partial charge >= 0.3 is 0 Å². The molecule has 0 amide bonds. The Morgan fingerprint density at radius 1 is 1.00 bits per heavy atom. The molecule has 0 aliphatic rings. The van der Waals surface area contributed by atoms with Gasteiger partial charge in [0, 0.05) is 0 Å². The number of nitrogens with zero attached hydrogens (tertiary/aromatic N) is 1. The summed E-state index contributed by atoms with van der Waals surface area (Å²) in [6.45, 7) is 10.3. The highest BCUT2D eigenvalue weighted by molar-refractivity contribution is 4.47. The Morgan fingerprint density at radius 3 is 1.56 bits per heavy atom. The van der Waals surface area contributed by atoms with Gasteiger partial charge in [0.1, 0.15) is 0 Å². The molecule has 0 saturated heterocycles. The van der Waals surface area contributed by atoms with Crippen LogP contribution in [0.25, 0.3) is 0 Å². The van der Waals surface area contributed by atoms with Crippen LogP contribution in [0, 0.1) is 12.4 Å². The zero-order valence-electron chi connectivity index (χ0n) is 6.72. The van der Waals surface area contributed by atoms with Crippen LogP contribution in [0.2, 0.25) is 0 Å². The fraction of sp³-hybridized carbons (Fsp3) is 1.00. The largest absolute Gasteiger partial charge is 0.304 e. The summed E-state index contributed by atoms with van der Waals surface area (Å²) in [6, 6.07) is 0. The molecule has 0 unspecified atom stereocenters. The molecule has 0 heterocycles. The molecule has 1 nitrogen and oxygen atoms in total. The van der Waals surface area contributed by atoms with Crippen molar-refractivity contribution in [1.82, 2.24) is 4.90 Å². The van der Waals surface area contributed by atoms with Gasteiger partial charge in [-0.1, -0.05) is 20.8 Å². The lowest BCUT2D eigenvalue weighted by Gasteiger charge is -2.15. The molecule has 0 aromatic rings. The maximum atomic E-state index is 2.43. The first-order valence-electron chi connectivity index (χ1n) is 3.57. The molecule has 0 rings (SSSR count). The minimum atomic E-state index is 0. The second-order valence-corrected chi connectivity index (χ2v) is 2.03. The topological polar surface area (TPSA) is 3.24 Å². The maximum Gasteiger partial charge on any atom is 0.0903 e. The highest BCUT2D eigenvalue weighted by Gasteiger charge is 1.92. The van der Waals surface area contributed by atoms with Gasteiger partial charge < -0.3 is 4.90 Å². The van der Waals surface area contributed by atoms with E-state index in [0.29, 0.717) is 0 Å². The van der Waals surface area contributed by atoms with Crippen LogP contribution in [0.15, 0.2) is 0 Å². The molecule has 0 atom stereocenters. The van der Waals surface area contributed by atoms with Crippen molar-refractivity contribution in [2.45, 2.75) is 27.2 Å². The number of hydrogen-bond acceptors (Lipinski definition) is 1. The van der Waals surface area contributed by atoms with Crippen LogP contribution in [0.4, 0.5) is 0 Å². The minimum Gasteiger partial charge on any atom is -0.304 e. The molecule has 0 aromatic heterocycles. The molecule has 0 spiro atoms. The molecule has 0 N–H and O–H groups in total. The molecular weight excluding hydrogens is 134 g/mol. The molecule has 58 valence electrons. The van der Waals surface area contributed by atoms with Crippen molar-refractivity contribution in [2.75, 3.05) is 19.6 Å². The van der Waals surface area contributed by atoms with E-state index in [1.165, 1.54) is 26.1 Å². The van der Waals surface area contributed by atoms with Crippen molar-refractivity contribution in [3.8, 4) is 0 Å². The fourth-order valence-electron chi connectivity index (χ4n) is 0.856. The van der Waals surface area contributed by atoms with Gasteiger partial charge in [-0.3, -0.25) is 0 Å². The third-order valence-electron chi connectivity index (χ3n) is 1.43.